The van der Waals surface area contributed by atoms with Crippen LogP contribution in [0.2, 0.25) is 0 Å². The summed E-state index contributed by atoms with van der Waals surface area (Å²) in [5, 5.41) is 6.55. The molecule has 1 saturated heterocycles. The minimum Gasteiger partial charge on any atom is -0.375 e. The summed E-state index contributed by atoms with van der Waals surface area (Å²) < 4.78 is 5.25. The summed E-state index contributed by atoms with van der Waals surface area (Å²) in [5.74, 6) is 0. The minimum absolute atomic E-state index is 0.0737. The Hall–Kier alpha value is -0.770. The SMILES string of the molecule is [N-]=[N+]=NCC1CNCCO1. The number of nitrogens with zero attached hydrogens (tertiary/aromatic N) is 3. The topological polar surface area (TPSA) is 70.0 Å². The molecule has 0 aromatic carbocycles. The molecule has 5 heteroatoms. The van der Waals surface area contributed by atoms with Crippen molar-refractivity contribution in [3.05, 3.63) is 10.4 Å². The fraction of sp³-hybridized carbons (Fsp3) is 1.00. The van der Waals surface area contributed by atoms with Crippen LogP contribution in [0, 0.1) is 0 Å². The van der Waals surface area contributed by atoms with E-state index in [0.717, 1.165) is 13.1 Å². The van der Waals surface area contributed by atoms with Crippen molar-refractivity contribution in [2.24, 2.45) is 5.11 Å². The van der Waals surface area contributed by atoms with Crippen LogP contribution in [-0.2, 0) is 4.74 Å². The largest absolute Gasteiger partial charge is 0.375 e. The summed E-state index contributed by atoms with van der Waals surface area (Å²) in [5.41, 5.74) is 7.98. The molecule has 1 fully saturated rings. The first-order valence-electron chi connectivity index (χ1n) is 3.26. The van der Waals surface area contributed by atoms with Gasteiger partial charge in [0.25, 0.3) is 0 Å². The van der Waals surface area contributed by atoms with E-state index in [4.69, 9.17) is 10.3 Å². The van der Waals surface area contributed by atoms with E-state index in [1.54, 1.807) is 0 Å². The third-order valence-corrected chi connectivity index (χ3v) is 1.35. The minimum atomic E-state index is 0.0737. The highest BCUT2D eigenvalue weighted by Crippen LogP contribution is 1.95. The molecule has 0 amide bonds. The lowest BCUT2D eigenvalue weighted by Crippen LogP contribution is -2.39. The van der Waals surface area contributed by atoms with Gasteiger partial charge in [0.1, 0.15) is 0 Å². The molecular weight excluding hydrogens is 132 g/mol. The van der Waals surface area contributed by atoms with Crippen LogP contribution in [0.5, 0.6) is 0 Å². The van der Waals surface area contributed by atoms with Gasteiger partial charge in [-0.15, -0.1) is 0 Å². The molecule has 56 valence electrons. The van der Waals surface area contributed by atoms with Gasteiger partial charge in [-0.05, 0) is 5.53 Å². The monoisotopic (exact) mass is 142 g/mol. The quantitative estimate of drug-likeness (QED) is 0.342. The maximum absolute atomic E-state index is 7.98. The first kappa shape index (κ1) is 7.34. The maximum atomic E-state index is 7.98. The van der Waals surface area contributed by atoms with Gasteiger partial charge in [0.2, 0.25) is 0 Å². The summed E-state index contributed by atoms with van der Waals surface area (Å²) in [6, 6.07) is 0. The molecule has 1 aliphatic heterocycles. The Morgan fingerprint density at radius 2 is 2.70 bits per heavy atom. The Morgan fingerprint density at radius 1 is 1.80 bits per heavy atom. The molecule has 1 unspecified atom stereocenters. The van der Waals surface area contributed by atoms with Gasteiger partial charge in [-0.3, -0.25) is 0 Å². The van der Waals surface area contributed by atoms with Gasteiger partial charge >= 0.3 is 0 Å². The molecule has 1 rings (SSSR count). The van der Waals surface area contributed by atoms with E-state index in [-0.39, 0.29) is 6.10 Å². The molecule has 10 heavy (non-hydrogen) atoms. The molecule has 0 aromatic heterocycles. The van der Waals surface area contributed by atoms with E-state index in [9.17, 15) is 0 Å². The molecule has 0 aliphatic carbocycles. The first-order chi connectivity index (χ1) is 4.93. The zero-order valence-corrected chi connectivity index (χ0v) is 5.66. The molecule has 0 radical (unpaired) electrons. The smallest absolute Gasteiger partial charge is 0.0756 e. The Balaban J connectivity index is 2.19. The van der Waals surface area contributed by atoms with Crippen molar-refractivity contribution in [1.82, 2.24) is 5.32 Å². The highest BCUT2D eigenvalue weighted by atomic mass is 16.5. The number of azide groups is 1. The lowest BCUT2D eigenvalue weighted by Gasteiger charge is -2.21. The van der Waals surface area contributed by atoms with E-state index >= 15 is 0 Å². The van der Waals surface area contributed by atoms with E-state index in [0.29, 0.717) is 13.2 Å². The second-order valence-electron chi connectivity index (χ2n) is 2.11. The van der Waals surface area contributed by atoms with Gasteiger partial charge in [-0.1, -0.05) is 5.11 Å². The van der Waals surface area contributed by atoms with Gasteiger partial charge < -0.3 is 10.1 Å². The molecule has 1 atom stereocenters. The predicted molar refractivity (Wildman–Crippen MR) is 36.6 cm³/mol. The van der Waals surface area contributed by atoms with Crippen molar-refractivity contribution in [3.63, 3.8) is 0 Å². The number of hydrogen-bond donors (Lipinski definition) is 1. The summed E-state index contributed by atoms with van der Waals surface area (Å²) in [6.07, 6.45) is 0.0737. The van der Waals surface area contributed by atoms with Crippen molar-refractivity contribution in [2.45, 2.75) is 6.10 Å². The van der Waals surface area contributed by atoms with Crippen molar-refractivity contribution >= 4 is 0 Å². The second-order valence-corrected chi connectivity index (χ2v) is 2.11. The van der Waals surface area contributed by atoms with Crippen molar-refractivity contribution in [1.29, 1.82) is 0 Å². The molecular formula is C5H10N4O. The molecule has 1 N–H and O–H groups in total. The van der Waals surface area contributed by atoms with Gasteiger partial charge in [0, 0.05) is 18.0 Å². The first-order valence-corrected chi connectivity index (χ1v) is 3.26. The normalized spacial score (nSPS) is 25.4. The zero-order chi connectivity index (χ0) is 7.23. The average molecular weight is 142 g/mol. The Morgan fingerprint density at radius 3 is 3.30 bits per heavy atom. The van der Waals surface area contributed by atoms with Crippen LogP contribution in [0.1, 0.15) is 0 Å². The van der Waals surface area contributed by atoms with E-state index in [1.807, 2.05) is 0 Å². The van der Waals surface area contributed by atoms with Crippen LogP contribution >= 0.6 is 0 Å². The van der Waals surface area contributed by atoms with Gasteiger partial charge in [-0.25, -0.2) is 0 Å². The number of ether oxygens (including phenoxy) is 1. The number of hydrogen-bond acceptors (Lipinski definition) is 3. The highest BCUT2D eigenvalue weighted by molar-refractivity contribution is 4.69. The average Bonchev–Trinajstić information content (AvgIpc) is 2.03. The molecule has 1 aliphatic rings. The van der Waals surface area contributed by atoms with E-state index in [2.05, 4.69) is 15.3 Å². The van der Waals surface area contributed by atoms with Crippen molar-refractivity contribution in [2.75, 3.05) is 26.2 Å². The summed E-state index contributed by atoms with van der Waals surface area (Å²) in [7, 11) is 0. The lowest BCUT2D eigenvalue weighted by atomic mass is 10.3. The molecule has 0 saturated carbocycles. The lowest BCUT2D eigenvalue weighted by molar-refractivity contribution is 0.0347. The van der Waals surface area contributed by atoms with Crippen LogP contribution < -0.4 is 5.32 Å². The van der Waals surface area contributed by atoms with Crippen molar-refractivity contribution < 1.29 is 4.74 Å². The molecule has 0 aromatic rings. The van der Waals surface area contributed by atoms with Crippen molar-refractivity contribution in [3.8, 4) is 0 Å². The van der Waals surface area contributed by atoms with Crippen LogP contribution in [0.3, 0.4) is 0 Å². The fourth-order valence-electron chi connectivity index (χ4n) is 0.865. The number of rotatable bonds is 2. The summed E-state index contributed by atoms with van der Waals surface area (Å²) in [4.78, 5) is 2.65. The van der Waals surface area contributed by atoms with E-state index < -0.39 is 0 Å². The van der Waals surface area contributed by atoms with Crippen LogP contribution in [0.4, 0.5) is 0 Å². The molecule has 1 heterocycles. The molecule has 5 nitrogen and oxygen atoms in total. The third-order valence-electron chi connectivity index (χ3n) is 1.35. The standard InChI is InChI=1S/C5H10N4O/c6-9-8-4-5-3-7-1-2-10-5/h5,7H,1-4H2. The second kappa shape index (κ2) is 4.11. The maximum Gasteiger partial charge on any atom is 0.0756 e. The van der Waals surface area contributed by atoms with Crippen LogP contribution in [-0.4, -0.2) is 32.3 Å². The molecule has 0 spiro atoms. The van der Waals surface area contributed by atoms with E-state index in [1.165, 1.54) is 0 Å². The predicted octanol–water partition coefficient (Wildman–Crippen LogP) is 0.285. The fourth-order valence-corrected chi connectivity index (χ4v) is 0.865. The number of morpholine rings is 1. The summed E-state index contributed by atoms with van der Waals surface area (Å²) >= 11 is 0. The van der Waals surface area contributed by atoms with Gasteiger partial charge in [0.05, 0.1) is 19.3 Å². The Kier molecular flexibility index (Phi) is 3.02. The van der Waals surface area contributed by atoms with Gasteiger partial charge in [0.15, 0.2) is 0 Å². The summed E-state index contributed by atoms with van der Waals surface area (Å²) in [6.45, 7) is 2.83. The highest BCUT2D eigenvalue weighted by Gasteiger charge is 2.10. The third kappa shape index (κ3) is 2.23. The number of nitrogens with one attached hydrogen (secondary N) is 1. The van der Waals surface area contributed by atoms with Crippen LogP contribution in [0.15, 0.2) is 5.11 Å². The Labute approximate surface area is 59.0 Å². The van der Waals surface area contributed by atoms with Crippen LogP contribution in [0.25, 0.3) is 10.4 Å². The zero-order valence-electron chi connectivity index (χ0n) is 5.66. The molecule has 0 bridgehead atoms. The van der Waals surface area contributed by atoms with Gasteiger partial charge in [-0.2, -0.15) is 0 Å². The Bertz CT molecular complexity index is 137.